The number of rotatable bonds is 6. The highest BCUT2D eigenvalue weighted by Crippen LogP contribution is 2.32. The molecule has 2 heterocycles. The number of hydrogen-bond acceptors (Lipinski definition) is 4. The largest absolute Gasteiger partial charge is 0.329 e. The van der Waals surface area contributed by atoms with E-state index in [2.05, 4.69) is 19.2 Å². The van der Waals surface area contributed by atoms with Crippen LogP contribution >= 0.6 is 0 Å². The van der Waals surface area contributed by atoms with Crippen LogP contribution in [0, 0.1) is 5.92 Å². The zero-order chi connectivity index (χ0) is 14.2. The fourth-order valence-electron chi connectivity index (χ4n) is 2.91. The molecule has 1 aromatic heterocycles. The molecule has 0 saturated heterocycles. The Balaban J connectivity index is 1.62. The molecule has 0 unspecified atom stereocenters. The van der Waals surface area contributed by atoms with Gasteiger partial charge in [-0.25, -0.2) is 18.1 Å². The highest BCUT2D eigenvalue weighted by atomic mass is 32.2. The molecule has 1 atom stereocenters. The number of fused-ring (bicyclic) bond motifs is 1. The van der Waals surface area contributed by atoms with E-state index in [4.69, 9.17) is 0 Å². The molecule has 6 nitrogen and oxygen atoms in total. The molecule has 2 aliphatic rings. The highest BCUT2D eigenvalue weighted by Gasteiger charge is 2.29. The van der Waals surface area contributed by atoms with E-state index in [0.717, 1.165) is 25.4 Å². The summed E-state index contributed by atoms with van der Waals surface area (Å²) in [6.07, 6.45) is 8.52. The third kappa shape index (κ3) is 3.59. The van der Waals surface area contributed by atoms with Crippen LogP contribution in [0.2, 0.25) is 0 Å². The molecule has 20 heavy (non-hydrogen) atoms. The summed E-state index contributed by atoms with van der Waals surface area (Å²) in [6, 6.07) is 0.314. The molecule has 3 rings (SSSR count). The third-order valence-corrected chi connectivity index (χ3v) is 4.78. The molecule has 0 bridgehead atoms. The Bertz CT molecular complexity index is 565. The normalized spacial score (nSPS) is 23.8. The van der Waals surface area contributed by atoms with Gasteiger partial charge in [0.05, 0.1) is 18.3 Å². The van der Waals surface area contributed by atoms with Crippen molar-refractivity contribution in [2.24, 2.45) is 5.92 Å². The van der Waals surface area contributed by atoms with Crippen LogP contribution in [0.25, 0.3) is 0 Å². The first-order valence-corrected chi connectivity index (χ1v) is 9.08. The van der Waals surface area contributed by atoms with Gasteiger partial charge in [0.25, 0.3) is 0 Å². The second-order valence-electron chi connectivity index (χ2n) is 6.04. The molecule has 0 amide bonds. The van der Waals surface area contributed by atoms with E-state index in [1.165, 1.54) is 31.3 Å². The molecule has 1 aliphatic heterocycles. The lowest BCUT2D eigenvalue weighted by Gasteiger charge is -2.34. The van der Waals surface area contributed by atoms with E-state index in [-0.39, 0.29) is 0 Å². The zero-order valence-electron chi connectivity index (χ0n) is 11.8. The highest BCUT2D eigenvalue weighted by molar-refractivity contribution is 7.88. The summed E-state index contributed by atoms with van der Waals surface area (Å²) >= 11 is 0. The van der Waals surface area contributed by atoms with Crippen molar-refractivity contribution >= 4 is 10.0 Å². The van der Waals surface area contributed by atoms with Crippen molar-refractivity contribution in [3.63, 3.8) is 0 Å². The third-order valence-electron chi connectivity index (χ3n) is 4.05. The van der Waals surface area contributed by atoms with Gasteiger partial charge in [0.15, 0.2) is 0 Å². The van der Waals surface area contributed by atoms with Crippen LogP contribution in [0.4, 0.5) is 0 Å². The van der Waals surface area contributed by atoms with Gasteiger partial charge in [0.2, 0.25) is 10.0 Å². The second-order valence-corrected chi connectivity index (χ2v) is 7.87. The summed E-state index contributed by atoms with van der Waals surface area (Å²) < 4.78 is 27.1. The Kier molecular flexibility index (Phi) is 3.83. The number of hydrogen-bond donors (Lipinski definition) is 1. The van der Waals surface area contributed by atoms with Gasteiger partial charge in [-0.3, -0.25) is 4.90 Å². The van der Waals surface area contributed by atoms with Crippen molar-refractivity contribution in [2.45, 2.75) is 31.8 Å². The molecule has 0 spiro atoms. The summed E-state index contributed by atoms with van der Waals surface area (Å²) in [5, 5.41) is 0. The maximum Gasteiger partial charge on any atom is 0.208 e. The summed E-state index contributed by atoms with van der Waals surface area (Å²) in [7, 11) is -3.10. The minimum atomic E-state index is -3.10. The predicted octanol–water partition coefficient (Wildman–Crippen LogP) is 0.589. The van der Waals surface area contributed by atoms with Crippen molar-refractivity contribution in [1.29, 1.82) is 0 Å². The molecule has 1 aliphatic carbocycles. The molecule has 1 fully saturated rings. The molecule has 0 radical (unpaired) electrons. The molecule has 112 valence electrons. The van der Waals surface area contributed by atoms with Gasteiger partial charge in [-0.15, -0.1) is 0 Å². The van der Waals surface area contributed by atoms with Gasteiger partial charge in [0, 0.05) is 38.4 Å². The fraction of sp³-hybridized carbons (Fsp3) is 0.769. The number of aromatic nitrogens is 2. The quantitative estimate of drug-likeness (QED) is 0.834. The van der Waals surface area contributed by atoms with Crippen LogP contribution in [0.3, 0.4) is 0 Å². The van der Waals surface area contributed by atoms with Gasteiger partial charge in [-0.1, -0.05) is 0 Å². The lowest BCUT2D eigenvalue weighted by molar-refractivity contribution is 0.173. The van der Waals surface area contributed by atoms with Crippen molar-refractivity contribution < 1.29 is 8.42 Å². The summed E-state index contributed by atoms with van der Waals surface area (Å²) in [5.41, 5.74) is 1.24. The van der Waals surface area contributed by atoms with E-state index < -0.39 is 10.0 Å². The van der Waals surface area contributed by atoms with Crippen LogP contribution in [-0.2, 0) is 16.6 Å². The Morgan fingerprint density at radius 2 is 2.25 bits per heavy atom. The van der Waals surface area contributed by atoms with E-state index in [0.29, 0.717) is 12.6 Å². The second kappa shape index (κ2) is 5.46. The molecule has 1 saturated carbocycles. The van der Waals surface area contributed by atoms with E-state index in [1.54, 1.807) is 0 Å². The summed E-state index contributed by atoms with van der Waals surface area (Å²) in [5.74, 6) is 0.874. The van der Waals surface area contributed by atoms with Crippen LogP contribution in [-0.4, -0.2) is 48.8 Å². The zero-order valence-corrected chi connectivity index (χ0v) is 12.6. The van der Waals surface area contributed by atoms with Crippen LogP contribution in [0.5, 0.6) is 0 Å². The summed E-state index contributed by atoms with van der Waals surface area (Å²) in [6.45, 7) is 3.61. The van der Waals surface area contributed by atoms with Crippen molar-refractivity contribution in [2.75, 3.05) is 25.9 Å². The summed E-state index contributed by atoms with van der Waals surface area (Å²) in [4.78, 5) is 6.72. The Morgan fingerprint density at radius 3 is 2.95 bits per heavy atom. The SMILES string of the molecule is CS(=O)(=O)NCC[C@H]1CN(CC2CC2)Cc2cncn21. The van der Waals surface area contributed by atoms with Gasteiger partial charge >= 0.3 is 0 Å². The first-order valence-electron chi connectivity index (χ1n) is 7.19. The average Bonchev–Trinajstić information content (AvgIpc) is 3.03. The Labute approximate surface area is 120 Å². The molecule has 0 aromatic carbocycles. The molecule has 1 N–H and O–H groups in total. The predicted molar refractivity (Wildman–Crippen MR) is 76.7 cm³/mol. The maximum atomic E-state index is 11.1. The van der Waals surface area contributed by atoms with E-state index >= 15 is 0 Å². The van der Waals surface area contributed by atoms with Gasteiger partial charge in [-0.05, 0) is 25.2 Å². The van der Waals surface area contributed by atoms with Gasteiger partial charge in [-0.2, -0.15) is 0 Å². The number of nitrogens with one attached hydrogen (secondary N) is 1. The van der Waals surface area contributed by atoms with E-state index in [1.807, 2.05) is 12.5 Å². The fourth-order valence-corrected chi connectivity index (χ4v) is 3.40. The molecular formula is C13H22N4O2S. The first kappa shape index (κ1) is 14.0. The number of nitrogens with zero attached hydrogens (tertiary/aromatic N) is 3. The smallest absolute Gasteiger partial charge is 0.208 e. The molecule has 7 heteroatoms. The molecular weight excluding hydrogens is 276 g/mol. The topological polar surface area (TPSA) is 67.2 Å². The van der Waals surface area contributed by atoms with Gasteiger partial charge in [0.1, 0.15) is 0 Å². The van der Waals surface area contributed by atoms with Crippen LogP contribution in [0.1, 0.15) is 31.0 Å². The average molecular weight is 298 g/mol. The van der Waals surface area contributed by atoms with Crippen LogP contribution < -0.4 is 4.72 Å². The van der Waals surface area contributed by atoms with E-state index in [9.17, 15) is 8.42 Å². The molecule has 1 aromatic rings. The lowest BCUT2D eigenvalue weighted by atomic mass is 10.1. The number of sulfonamides is 1. The Hall–Kier alpha value is -0.920. The monoisotopic (exact) mass is 298 g/mol. The minimum absolute atomic E-state index is 0.314. The standard InChI is InChI=1S/C13H22N4O2S/c1-20(18,19)15-5-4-12-8-16(7-11-2-3-11)9-13-6-14-10-17(12)13/h6,10-12,15H,2-5,7-9H2,1H3/t12-/m0/s1. The van der Waals surface area contributed by atoms with Crippen LogP contribution in [0.15, 0.2) is 12.5 Å². The van der Waals surface area contributed by atoms with Gasteiger partial charge < -0.3 is 4.57 Å². The Morgan fingerprint density at radius 1 is 1.45 bits per heavy atom. The van der Waals surface area contributed by atoms with Crippen molar-refractivity contribution in [3.8, 4) is 0 Å². The number of imidazole rings is 1. The minimum Gasteiger partial charge on any atom is -0.329 e. The van der Waals surface area contributed by atoms with Crippen molar-refractivity contribution in [3.05, 3.63) is 18.2 Å². The lowest BCUT2D eigenvalue weighted by Crippen LogP contribution is -2.39. The first-order chi connectivity index (χ1) is 9.51. The maximum absolute atomic E-state index is 11.1. The van der Waals surface area contributed by atoms with Crippen molar-refractivity contribution in [1.82, 2.24) is 19.2 Å².